The van der Waals surface area contributed by atoms with Gasteiger partial charge in [-0.3, -0.25) is 4.79 Å². The van der Waals surface area contributed by atoms with Crippen molar-refractivity contribution < 1.29 is 9.90 Å². The molecule has 8 nitrogen and oxygen atoms in total. The first-order valence-electron chi connectivity index (χ1n) is 6.75. The lowest BCUT2D eigenvalue weighted by Gasteiger charge is -2.36. The van der Waals surface area contributed by atoms with Crippen LogP contribution in [0.1, 0.15) is 0 Å². The quantitative estimate of drug-likeness (QED) is 0.836. The summed E-state index contributed by atoms with van der Waals surface area (Å²) >= 11 is 0. The van der Waals surface area contributed by atoms with Crippen LogP contribution in [-0.2, 0) is 11.3 Å². The maximum atomic E-state index is 12.1. The molecule has 0 saturated carbocycles. The summed E-state index contributed by atoms with van der Waals surface area (Å²) in [7, 11) is 0. The average Bonchev–Trinajstić information content (AvgIpc) is 3.01. The van der Waals surface area contributed by atoms with E-state index in [0.29, 0.717) is 13.1 Å². The SMILES string of the molecule is O=C(Cn1cnnn1)N1CCN(c2ccc(O)cc2)CC1. The number of carbonyl (C=O) groups excluding carboxylic acids is 1. The minimum Gasteiger partial charge on any atom is -0.508 e. The van der Waals surface area contributed by atoms with Crippen molar-refractivity contribution in [2.75, 3.05) is 31.1 Å². The van der Waals surface area contributed by atoms with Crippen molar-refractivity contribution in [2.45, 2.75) is 6.54 Å². The predicted octanol–water partition coefficient (Wildman–Crippen LogP) is -0.273. The lowest BCUT2D eigenvalue weighted by atomic mass is 10.2. The van der Waals surface area contributed by atoms with Crippen LogP contribution in [0.4, 0.5) is 5.69 Å². The predicted molar refractivity (Wildman–Crippen MR) is 74.7 cm³/mol. The van der Waals surface area contributed by atoms with E-state index in [4.69, 9.17) is 0 Å². The second-order valence-electron chi connectivity index (χ2n) is 4.89. The molecular formula is C13H16N6O2. The molecule has 0 unspecified atom stereocenters. The van der Waals surface area contributed by atoms with Gasteiger partial charge in [0.2, 0.25) is 5.91 Å². The highest BCUT2D eigenvalue weighted by Crippen LogP contribution is 2.19. The van der Waals surface area contributed by atoms with Crippen LogP contribution in [-0.4, -0.2) is 62.3 Å². The van der Waals surface area contributed by atoms with Gasteiger partial charge >= 0.3 is 0 Å². The molecule has 2 aromatic rings. The van der Waals surface area contributed by atoms with E-state index in [0.717, 1.165) is 18.8 Å². The Morgan fingerprint density at radius 1 is 1.14 bits per heavy atom. The number of aromatic nitrogens is 4. The second-order valence-corrected chi connectivity index (χ2v) is 4.89. The molecule has 0 bridgehead atoms. The van der Waals surface area contributed by atoms with E-state index >= 15 is 0 Å². The Morgan fingerprint density at radius 3 is 2.48 bits per heavy atom. The number of hydrogen-bond donors (Lipinski definition) is 1. The standard InChI is InChI=1S/C13H16N6O2/c20-12-3-1-11(2-4-12)17-5-7-18(8-6-17)13(21)9-19-10-14-15-16-19/h1-4,10,20H,5-9H2. The summed E-state index contributed by atoms with van der Waals surface area (Å²) in [5.41, 5.74) is 1.06. The number of rotatable bonds is 3. The van der Waals surface area contributed by atoms with Gasteiger partial charge in [0.1, 0.15) is 18.6 Å². The summed E-state index contributed by atoms with van der Waals surface area (Å²) < 4.78 is 1.43. The topological polar surface area (TPSA) is 87.4 Å². The zero-order valence-electron chi connectivity index (χ0n) is 11.5. The van der Waals surface area contributed by atoms with Gasteiger partial charge in [-0.05, 0) is 34.7 Å². The second kappa shape index (κ2) is 5.78. The van der Waals surface area contributed by atoms with Gasteiger partial charge in [0.15, 0.2) is 0 Å². The molecule has 3 rings (SSSR count). The number of piperazine rings is 1. The Bertz CT molecular complexity index is 590. The number of aromatic hydroxyl groups is 1. The van der Waals surface area contributed by atoms with E-state index in [1.54, 1.807) is 12.1 Å². The Labute approximate surface area is 121 Å². The van der Waals surface area contributed by atoms with Gasteiger partial charge in [0.05, 0.1) is 0 Å². The van der Waals surface area contributed by atoms with Crippen LogP contribution in [0.25, 0.3) is 0 Å². The Kier molecular flexibility index (Phi) is 3.67. The summed E-state index contributed by atoms with van der Waals surface area (Å²) in [5, 5.41) is 20.0. The van der Waals surface area contributed by atoms with Gasteiger partial charge in [-0.2, -0.15) is 0 Å². The van der Waals surface area contributed by atoms with E-state index < -0.39 is 0 Å². The van der Waals surface area contributed by atoms with Gasteiger partial charge in [0.25, 0.3) is 0 Å². The van der Waals surface area contributed by atoms with Gasteiger partial charge in [-0.15, -0.1) is 5.10 Å². The molecule has 2 heterocycles. The minimum atomic E-state index is 0.0210. The molecule has 1 saturated heterocycles. The van der Waals surface area contributed by atoms with Crippen molar-refractivity contribution >= 4 is 11.6 Å². The maximum Gasteiger partial charge on any atom is 0.244 e. The summed E-state index contributed by atoms with van der Waals surface area (Å²) in [4.78, 5) is 16.1. The first kappa shape index (κ1) is 13.3. The number of phenolic OH excluding ortho intramolecular Hbond substituents is 1. The maximum absolute atomic E-state index is 12.1. The molecular weight excluding hydrogens is 272 g/mol. The first-order chi connectivity index (χ1) is 10.2. The summed E-state index contributed by atoms with van der Waals surface area (Å²) in [6.45, 7) is 3.05. The van der Waals surface area contributed by atoms with Crippen LogP contribution in [0.5, 0.6) is 5.75 Å². The molecule has 21 heavy (non-hydrogen) atoms. The third-order valence-electron chi connectivity index (χ3n) is 3.54. The molecule has 0 radical (unpaired) electrons. The van der Waals surface area contributed by atoms with Crippen LogP contribution in [0, 0.1) is 0 Å². The number of anilines is 1. The number of carbonyl (C=O) groups is 1. The van der Waals surface area contributed by atoms with Crippen molar-refractivity contribution in [3.63, 3.8) is 0 Å². The zero-order chi connectivity index (χ0) is 14.7. The summed E-state index contributed by atoms with van der Waals surface area (Å²) in [6.07, 6.45) is 1.44. The molecule has 1 fully saturated rings. The molecule has 1 aliphatic heterocycles. The average molecular weight is 288 g/mol. The number of phenols is 1. The Balaban J connectivity index is 1.55. The minimum absolute atomic E-state index is 0.0210. The highest BCUT2D eigenvalue weighted by Gasteiger charge is 2.21. The number of amides is 1. The van der Waals surface area contributed by atoms with E-state index in [1.807, 2.05) is 17.0 Å². The first-order valence-corrected chi connectivity index (χ1v) is 6.75. The third-order valence-corrected chi connectivity index (χ3v) is 3.54. The van der Waals surface area contributed by atoms with Crippen LogP contribution in [0.2, 0.25) is 0 Å². The number of benzene rings is 1. The number of tetrazole rings is 1. The Hall–Kier alpha value is -2.64. The van der Waals surface area contributed by atoms with E-state index in [-0.39, 0.29) is 18.2 Å². The smallest absolute Gasteiger partial charge is 0.244 e. The largest absolute Gasteiger partial charge is 0.508 e. The lowest BCUT2D eigenvalue weighted by molar-refractivity contribution is -0.132. The van der Waals surface area contributed by atoms with Gasteiger partial charge in [-0.25, -0.2) is 4.68 Å². The van der Waals surface area contributed by atoms with Crippen molar-refractivity contribution in [3.05, 3.63) is 30.6 Å². The normalized spacial score (nSPS) is 15.2. The number of hydrogen-bond acceptors (Lipinski definition) is 6. The molecule has 110 valence electrons. The van der Waals surface area contributed by atoms with Gasteiger partial charge < -0.3 is 14.9 Å². The molecule has 1 amide bonds. The highest BCUT2D eigenvalue weighted by molar-refractivity contribution is 5.76. The fraction of sp³-hybridized carbons (Fsp3) is 0.385. The van der Waals surface area contributed by atoms with Crippen molar-refractivity contribution in [1.82, 2.24) is 25.1 Å². The van der Waals surface area contributed by atoms with E-state index in [1.165, 1.54) is 11.0 Å². The van der Waals surface area contributed by atoms with E-state index in [2.05, 4.69) is 20.4 Å². The van der Waals surface area contributed by atoms with Gasteiger partial charge in [0, 0.05) is 31.9 Å². The molecule has 8 heteroatoms. The molecule has 0 spiro atoms. The van der Waals surface area contributed by atoms with Crippen LogP contribution >= 0.6 is 0 Å². The van der Waals surface area contributed by atoms with Crippen molar-refractivity contribution in [3.8, 4) is 5.75 Å². The fourth-order valence-electron chi connectivity index (χ4n) is 2.37. The van der Waals surface area contributed by atoms with Crippen LogP contribution < -0.4 is 4.90 Å². The molecule has 1 N–H and O–H groups in total. The molecule has 1 aromatic heterocycles. The molecule has 0 atom stereocenters. The van der Waals surface area contributed by atoms with E-state index in [9.17, 15) is 9.90 Å². The lowest BCUT2D eigenvalue weighted by Crippen LogP contribution is -2.49. The van der Waals surface area contributed by atoms with Crippen LogP contribution in [0.3, 0.4) is 0 Å². The summed E-state index contributed by atoms with van der Waals surface area (Å²) in [6, 6.07) is 7.11. The van der Waals surface area contributed by atoms with Crippen molar-refractivity contribution in [1.29, 1.82) is 0 Å². The molecule has 0 aliphatic carbocycles. The third kappa shape index (κ3) is 3.10. The Morgan fingerprint density at radius 2 is 1.86 bits per heavy atom. The molecule has 1 aromatic carbocycles. The highest BCUT2D eigenvalue weighted by atomic mass is 16.3. The molecule has 1 aliphatic rings. The van der Waals surface area contributed by atoms with Gasteiger partial charge in [-0.1, -0.05) is 0 Å². The summed E-state index contributed by atoms with van der Waals surface area (Å²) in [5.74, 6) is 0.279. The zero-order valence-corrected chi connectivity index (χ0v) is 11.5. The fourth-order valence-corrected chi connectivity index (χ4v) is 2.37. The van der Waals surface area contributed by atoms with Crippen molar-refractivity contribution in [2.24, 2.45) is 0 Å². The monoisotopic (exact) mass is 288 g/mol. The number of nitrogens with zero attached hydrogens (tertiary/aromatic N) is 6. The van der Waals surface area contributed by atoms with Crippen LogP contribution in [0.15, 0.2) is 30.6 Å².